The Morgan fingerprint density at radius 3 is 2.80 bits per heavy atom. The lowest BCUT2D eigenvalue weighted by Crippen LogP contribution is -2.08. The SMILES string of the molecule is c1cc(COCc2nnnn2Cc2ccsc2)ccn1. The van der Waals surface area contributed by atoms with E-state index in [1.54, 1.807) is 28.4 Å². The molecule has 3 rings (SSSR count). The van der Waals surface area contributed by atoms with E-state index in [-0.39, 0.29) is 0 Å². The van der Waals surface area contributed by atoms with Gasteiger partial charge in [-0.1, -0.05) is 0 Å². The van der Waals surface area contributed by atoms with Crippen molar-refractivity contribution in [1.82, 2.24) is 25.2 Å². The molecule has 0 bridgehead atoms. The standard InChI is InChI=1S/C13H13N5OS/c1-4-14-5-2-11(1)8-19-9-13-15-16-17-18(13)7-12-3-6-20-10-12/h1-6,10H,7-9H2. The number of hydrogen-bond acceptors (Lipinski definition) is 6. The van der Waals surface area contributed by atoms with Gasteiger partial charge in [0, 0.05) is 12.4 Å². The summed E-state index contributed by atoms with van der Waals surface area (Å²) in [6, 6.07) is 5.91. The van der Waals surface area contributed by atoms with Crippen LogP contribution in [0, 0.1) is 0 Å². The van der Waals surface area contributed by atoms with Crippen molar-refractivity contribution in [2.24, 2.45) is 0 Å². The molecular formula is C13H13N5OS. The third kappa shape index (κ3) is 3.25. The Morgan fingerprint density at radius 2 is 2.00 bits per heavy atom. The highest BCUT2D eigenvalue weighted by Crippen LogP contribution is 2.09. The maximum Gasteiger partial charge on any atom is 0.177 e. The molecule has 0 saturated carbocycles. The van der Waals surface area contributed by atoms with Gasteiger partial charge in [0.2, 0.25) is 0 Å². The molecule has 0 radical (unpaired) electrons. The number of hydrogen-bond donors (Lipinski definition) is 0. The summed E-state index contributed by atoms with van der Waals surface area (Å²) < 4.78 is 7.39. The molecule has 0 amide bonds. The molecule has 3 heterocycles. The number of thiophene rings is 1. The maximum atomic E-state index is 5.64. The second kappa shape index (κ2) is 6.36. The van der Waals surface area contributed by atoms with Crippen LogP contribution in [0.1, 0.15) is 17.0 Å². The van der Waals surface area contributed by atoms with Crippen molar-refractivity contribution in [3.05, 3.63) is 58.3 Å². The van der Waals surface area contributed by atoms with Crippen molar-refractivity contribution in [2.45, 2.75) is 19.8 Å². The van der Waals surface area contributed by atoms with Gasteiger partial charge in [-0.15, -0.1) is 5.10 Å². The van der Waals surface area contributed by atoms with Gasteiger partial charge in [-0.25, -0.2) is 4.68 Å². The van der Waals surface area contributed by atoms with E-state index in [1.807, 2.05) is 17.5 Å². The minimum atomic E-state index is 0.388. The van der Waals surface area contributed by atoms with Crippen LogP contribution in [0.15, 0.2) is 41.4 Å². The van der Waals surface area contributed by atoms with Gasteiger partial charge < -0.3 is 4.74 Å². The zero-order valence-electron chi connectivity index (χ0n) is 10.7. The fourth-order valence-corrected chi connectivity index (χ4v) is 2.40. The molecule has 0 saturated heterocycles. The van der Waals surface area contributed by atoms with Crippen LogP contribution in [-0.4, -0.2) is 25.2 Å². The lowest BCUT2D eigenvalue weighted by Gasteiger charge is -2.05. The molecular weight excluding hydrogens is 274 g/mol. The Hall–Kier alpha value is -2.12. The quantitative estimate of drug-likeness (QED) is 0.692. The number of tetrazole rings is 1. The van der Waals surface area contributed by atoms with E-state index in [9.17, 15) is 0 Å². The highest BCUT2D eigenvalue weighted by Gasteiger charge is 2.07. The first-order chi connectivity index (χ1) is 9.92. The van der Waals surface area contributed by atoms with Crippen LogP contribution in [0.4, 0.5) is 0 Å². The first-order valence-corrected chi connectivity index (χ1v) is 7.09. The number of ether oxygens (including phenoxy) is 1. The maximum absolute atomic E-state index is 5.64. The Balaban J connectivity index is 1.57. The summed E-state index contributed by atoms with van der Waals surface area (Å²) >= 11 is 1.66. The molecule has 6 nitrogen and oxygen atoms in total. The van der Waals surface area contributed by atoms with E-state index in [4.69, 9.17) is 4.74 Å². The number of pyridine rings is 1. The van der Waals surface area contributed by atoms with Crippen molar-refractivity contribution in [1.29, 1.82) is 0 Å². The minimum Gasteiger partial charge on any atom is -0.369 e. The number of rotatable bonds is 6. The van der Waals surface area contributed by atoms with E-state index in [2.05, 4.69) is 32.0 Å². The van der Waals surface area contributed by atoms with Gasteiger partial charge in [0.25, 0.3) is 0 Å². The summed E-state index contributed by atoms with van der Waals surface area (Å²) in [7, 11) is 0. The fraction of sp³-hybridized carbons (Fsp3) is 0.231. The fourth-order valence-electron chi connectivity index (χ4n) is 1.74. The van der Waals surface area contributed by atoms with Gasteiger partial charge in [0.05, 0.1) is 13.2 Å². The van der Waals surface area contributed by atoms with Crippen molar-refractivity contribution < 1.29 is 4.74 Å². The van der Waals surface area contributed by atoms with Crippen LogP contribution in [0.2, 0.25) is 0 Å². The van der Waals surface area contributed by atoms with Gasteiger partial charge in [-0.2, -0.15) is 11.3 Å². The van der Waals surface area contributed by atoms with Gasteiger partial charge in [-0.05, 0) is 50.5 Å². The van der Waals surface area contributed by atoms with Gasteiger partial charge in [0.1, 0.15) is 6.61 Å². The second-order valence-electron chi connectivity index (χ2n) is 4.23. The van der Waals surface area contributed by atoms with Gasteiger partial charge in [-0.3, -0.25) is 4.98 Å². The molecule has 20 heavy (non-hydrogen) atoms. The number of aromatic nitrogens is 5. The molecule has 0 unspecified atom stereocenters. The number of nitrogens with zero attached hydrogens (tertiary/aromatic N) is 5. The third-order valence-corrected chi connectivity index (χ3v) is 3.50. The van der Waals surface area contributed by atoms with E-state index < -0.39 is 0 Å². The second-order valence-corrected chi connectivity index (χ2v) is 5.01. The molecule has 0 aromatic carbocycles. The summed E-state index contributed by atoms with van der Waals surface area (Å²) in [5, 5.41) is 15.8. The zero-order valence-corrected chi connectivity index (χ0v) is 11.5. The van der Waals surface area contributed by atoms with E-state index in [1.165, 1.54) is 5.56 Å². The summed E-state index contributed by atoms with van der Waals surface area (Å²) in [6.45, 7) is 1.58. The van der Waals surface area contributed by atoms with E-state index in [0.717, 1.165) is 11.4 Å². The van der Waals surface area contributed by atoms with Crippen LogP contribution < -0.4 is 0 Å². The van der Waals surface area contributed by atoms with E-state index >= 15 is 0 Å². The molecule has 0 aliphatic heterocycles. The molecule has 0 fully saturated rings. The topological polar surface area (TPSA) is 65.7 Å². The lowest BCUT2D eigenvalue weighted by molar-refractivity contribution is 0.0987. The first kappa shape index (κ1) is 12.9. The monoisotopic (exact) mass is 287 g/mol. The molecule has 0 spiro atoms. The summed E-state index contributed by atoms with van der Waals surface area (Å²) in [5.41, 5.74) is 2.27. The molecule has 0 N–H and O–H groups in total. The predicted octanol–water partition coefficient (Wildman–Crippen LogP) is 1.89. The Labute approximate surface area is 120 Å². The van der Waals surface area contributed by atoms with Gasteiger partial charge in [0.15, 0.2) is 5.82 Å². The smallest absolute Gasteiger partial charge is 0.177 e. The molecule has 0 aliphatic carbocycles. The van der Waals surface area contributed by atoms with E-state index in [0.29, 0.717) is 19.8 Å². The van der Waals surface area contributed by atoms with Crippen LogP contribution in [0.3, 0.4) is 0 Å². The molecule has 7 heteroatoms. The Morgan fingerprint density at radius 1 is 1.10 bits per heavy atom. The molecule has 0 atom stereocenters. The first-order valence-electron chi connectivity index (χ1n) is 6.14. The van der Waals surface area contributed by atoms with Gasteiger partial charge >= 0.3 is 0 Å². The molecule has 102 valence electrons. The summed E-state index contributed by atoms with van der Waals surface area (Å²) in [6.07, 6.45) is 3.50. The average molecular weight is 287 g/mol. The van der Waals surface area contributed by atoms with Crippen molar-refractivity contribution in [3.63, 3.8) is 0 Å². The van der Waals surface area contributed by atoms with Crippen LogP contribution in [-0.2, 0) is 24.5 Å². The predicted molar refractivity (Wildman–Crippen MR) is 74.0 cm³/mol. The molecule has 3 aromatic heterocycles. The van der Waals surface area contributed by atoms with Crippen LogP contribution in [0.5, 0.6) is 0 Å². The average Bonchev–Trinajstić information content (AvgIpc) is 3.13. The summed E-state index contributed by atoms with van der Waals surface area (Å²) in [5.74, 6) is 0.727. The summed E-state index contributed by atoms with van der Waals surface area (Å²) in [4.78, 5) is 3.97. The Bertz CT molecular complexity index is 638. The van der Waals surface area contributed by atoms with Crippen LogP contribution >= 0.6 is 11.3 Å². The lowest BCUT2D eigenvalue weighted by atomic mass is 10.3. The van der Waals surface area contributed by atoms with Crippen molar-refractivity contribution in [3.8, 4) is 0 Å². The molecule has 0 aliphatic rings. The Kier molecular flexibility index (Phi) is 4.10. The van der Waals surface area contributed by atoms with Crippen molar-refractivity contribution >= 4 is 11.3 Å². The third-order valence-electron chi connectivity index (χ3n) is 2.77. The largest absolute Gasteiger partial charge is 0.369 e. The minimum absolute atomic E-state index is 0.388. The normalized spacial score (nSPS) is 10.8. The highest BCUT2D eigenvalue weighted by molar-refractivity contribution is 7.07. The highest BCUT2D eigenvalue weighted by atomic mass is 32.1. The van der Waals surface area contributed by atoms with Crippen molar-refractivity contribution in [2.75, 3.05) is 0 Å². The van der Waals surface area contributed by atoms with Crippen LogP contribution in [0.25, 0.3) is 0 Å². The zero-order chi connectivity index (χ0) is 13.6. The molecule has 3 aromatic rings.